The van der Waals surface area contributed by atoms with Gasteiger partial charge in [0.25, 0.3) is 0 Å². The van der Waals surface area contributed by atoms with Gasteiger partial charge in [0.1, 0.15) is 0 Å². The van der Waals surface area contributed by atoms with Gasteiger partial charge in [-0.15, -0.1) is 0 Å². The Labute approximate surface area is 149 Å². The molecule has 1 saturated heterocycles. The zero-order valence-electron chi connectivity index (χ0n) is 15.4. The zero-order valence-corrected chi connectivity index (χ0v) is 15.4. The van der Waals surface area contributed by atoms with Gasteiger partial charge in [-0.1, -0.05) is 26.2 Å². The lowest BCUT2D eigenvalue weighted by Crippen LogP contribution is -2.35. The smallest absolute Gasteiger partial charge is 0.232 e. The van der Waals surface area contributed by atoms with Crippen LogP contribution >= 0.6 is 0 Å². The van der Waals surface area contributed by atoms with Gasteiger partial charge in [0.05, 0.1) is 0 Å². The number of carbonyl (C=O) groups excluding carboxylic acids is 4. The highest BCUT2D eigenvalue weighted by Crippen LogP contribution is 2.22. The first kappa shape index (κ1) is 21.1. The van der Waals surface area contributed by atoms with E-state index in [9.17, 15) is 19.2 Å². The molecule has 0 saturated carbocycles. The van der Waals surface area contributed by atoms with E-state index in [1.165, 1.54) is 4.90 Å². The number of hydrogen-bond donors (Lipinski definition) is 2. The lowest BCUT2D eigenvalue weighted by molar-refractivity contribution is -0.139. The Morgan fingerprint density at radius 3 is 2.36 bits per heavy atom. The maximum Gasteiger partial charge on any atom is 0.232 e. The van der Waals surface area contributed by atoms with Crippen molar-refractivity contribution in [3.8, 4) is 0 Å². The van der Waals surface area contributed by atoms with Crippen LogP contribution in [0.15, 0.2) is 0 Å². The van der Waals surface area contributed by atoms with Crippen molar-refractivity contribution in [3.05, 3.63) is 0 Å². The average Bonchev–Trinajstić information content (AvgIpc) is 2.88. The summed E-state index contributed by atoms with van der Waals surface area (Å²) in [6.45, 7) is 2.68. The second kappa shape index (κ2) is 11.6. The van der Waals surface area contributed by atoms with Crippen molar-refractivity contribution in [2.75, 3.05) is 20.1 Å². The van der Waals surface area contributed by atoms with Crippen molar-refractivity contribution < 1.29 is 19.2 Å². The second-order valence-electron chi connectivity index (χ2n) is 6.48. The number of likely N-dealkylation sites (tertiary alicyclic amines) is 1. The molecule has 25 heavy (non-hydrogen) atoms. The fraction of sp³-hybridized carbons (Fsp3) is 0.778. The van der Waals surface area contributed by atoms with Gasteiger partial charge in [-0.2, -0.15) is 0 Å². The van der Waals surface area contributed by atoms with Gasteiger partial charge in [0, 0.05) is 45.3 Å². The summed E-state index contributed by atoms with van der Waals surface area (Å²) in [5.74, 6) is -0.565. The van der Waals surface area contributed by atoms with Gasteiger partial charge in [-0.25, -0.2) is 0 Å². The van der Waals surface area contributed by atoms with Crippen LogP contribution in [-0.2, 0) is 19.2 Å². The Bertz CT molecular complexity index is 479. The minimum atomic E-state index is -0.209. The van der Waals surface area contributed by atoms with Crippen LogP contribution in [0.5, 0.6) is 0 Å². The molecule has 0 aliphatic carbocycles. The van der Waals surface area contributed by atoms with Crippen LogP contribution in [0.4, 0.5) is 0 Å². The molecule has 0 spiro atoms. The van der Waals surface area contributed by atoms with E-state index < -0.39 is 0 Å². The Morgan fingerprint density at radius 1 is 1.04 bits per heavy atom. The first-order valence-corrected chi connectivity index (χ1v) is 9.31. The topological polar surface area (TPSA) is 95.6 Å². The molecule has 0 bridgehead atoms. The monoisotopic (exact) mass is 353 g/mol. The van der Waals surface area contributed by atoms with Crippen LogP contribution in [0, 0.1) is 5.92 Å². The van der Waals surface area contributed by atoms with Crippen molar-refractivity contribution in [3.63, 3.8) is 0 Å². The van der Waals surface area contributed by atoms with E-state index in [1.54, 1.807) is 7.05 Å². The number of nitrogens with zero attached hydrogens (tertiary/aromatic N) is 1. The first-order valence-electron chi connectivity index (χ1n) is 9.31. The molecular weight excluding hydrogens is 322 g/mol. The fourth-order valence-electron chi connectivity index (χ4n) is 2.90. The molecule has 7 heteroatoms. The molecular formula is C18H31N3O4. The molecule has 0 aromatic rings. The molecule has 1 fully saturated rings. The van der Waals surface area contributed by atoms with Crippen LogP contribution in [0.2, 0.25) is 0 Å². The van der Waals surface area contributed by atoms with E-state index >= 15 is 0 Å². The highest BCUT2D eigenvalue weighted by atomic mass is 16.2. The minimum Gasteiger partial charge on any atom is -0.359 e. The molecule has 4 amide bonds. The Morgan fingerprint density at radius 2 is 1.72 bits per heavy atom. The summed E-state index contributed by atoms with van der Waals surface area (Å²) in [7, 11) is 1.64. The second-order valence-corrected chi connectivity index (χ2v) is 6.48. The van der Waals surface area contributed by atoms with Crippen molar-refractivity contribution >= 4 is 23.6 Å². The first-order chi connectivity index (χ1) is 12.0. The van der Waals surface area contributed by atoms with E-state index in [0.29, 0.717) is 19.4 Å². The highest BCUT2D eigenvalue weighted by molar-refractivity contribution is 6.03. The van der Waals surface area contributed by atoms with Crippen LogP contribution < -0.4 is 10.6 Å². The van der Waals surface area contributed by atoms with Gasteiger partial charge in [0.2, 0.25) is 23.6 Å². The van der Waals surface area contributed by atoms with E-state index in [2.05, 4.69) is 10.6 Å². The Balaban J connectivity index is 2.03. The number of carbonyl (C=O) groups is 4. The molecule has 1 rings (SSSR count). The summed E-state index contributed by atoms with van der Waals surface area (Å²) in [5, 5.41) is 5.43. The van der Waals surface area contributed by atoms with E-state index in [0.717, 1.165) is 32.1 Å². The molecule has 1 unspecified atom stereocenters. The van der Waals surface area contributed by atoms with Crippen LogP contribution in [0.1, 0.15) is 64.7 Å². The summed E-state index contributed by atoms with van der Waals surface area (Å²) in [6.07, 6.45) is 6.53. The van der Waals surface area contributed by atoms with Crippen molar-refractivity contribution in [2.24, 2.45) is 5.92 Å². The van der Waals surface area contributed by atoms with Gasteiger partial charge < -0.3 is 10.6 Å². The molecule has 1 aliphatic rings. The summed E-state index contributed by atoms with van der Waals surface area (Å²) >= 11 is 0. The number of unbranched alkanes of at least 4 members (excludes halogenated alkanes) is 4. The number of hydrogen-bond acceptors (Lipinski definition) is 4. The van der Waals surface area contributed by atoms with Crippen LogP contribution in [0.3, 0.4) is 0 Å². The fourth-order valence-corrected chi connectivity index (χ4v) is 2.90. The SMILES string of the molecule is CCC1CC(=O)N(CCC(=O)NCCCCCCCC(=O)NC)C1=O. The van der Waals surface area contributed by atoms with Gasteiger partial charge in [0.15, 0.2) is 0 Å². The third-order valence-corrected chi connectivity index (χ3v) is 4.57. The minimum absolute atomic E-state index is 0.0764. The van der Waals surface area contributed by atoms with Crippen LogP contribution in [-0.4, -0.2) is 48.7 Å². The Hall–Kier alpha value is -1.92. The summed E-state index contributed by atoms with van der Waals surface area (Å²) in [6, 6.07) is 0. The lowest BCUT2D eigenvalue weighted by atomic mass is 10.1. The maximum absolute atomic E-state index is 12.0. The number of nitrogens with one attached hydrogen (secondary N) is 2. The van der Waals surface area contributed by atoms with E-state index in [4.69, 9.17) is 0 Å². The van der Waals surface area contributed by atoms with Crippen molar-refractivity contribution in [2.45, 2.75) is 64.7 Å². The number of rotatable bonds is 12. The molecule has 142 valence electrons. The third kappa shape index (κ3) is 7.67. The average molecular weight is 353 g/mol. The molecule has 0 radical (unpaired) electrons. The maximum atomic E-state index is 12.0. The predicted molar refractivity (Wildman–Crippen MR) is 94.5 cm³/mol. The standard InChI is InChI=1S/C18H31N3O4/c1-3-14-13-17(24)21(18(14)25)12-10-16(23)20-11-8-6-4-5-7-9-15(22)19-2/h14H,3-13H2,1-2H3,(H,19,22)(H,20,23). The molecule has 0 aromatic carbocycles. The normalized spacial score (nSPS) is 17.0. The number of imide groups is 1. The molecule has 2 N–H and O–H groups in total. The molecule has 1 atom stereocenters. The quantitative estimate of drug-likeness (QED) is 0.409. The lowest BCUT2D eigenvalue weighted by Gasteiger charge is -2.14. The molecule has 1 heterocycles. The third-order valence-electron chi connectivity index (χ3n) is 4.57. The van der Waals surface area contributed by atoms with Crippen molar-refractivity contribution in [1.29, 1.82) is 0 Å². The predicted octanol–water partition coefficient (Wildman–Crippen LogP) is 1.36. The molecule has 1 aliphatic heterocycles. The molecule has 0 aromatic heterocycles. The summed E-state index contributed by atoms with van der Waals surface area (Å²) in [5.41, 5.74) is 0. The van der Waals surface area contributed by atoms with Crippen molar-refractivity contribution in [1.82, 2.24) is 15.5 Å². The number of amides is 4. The highest BCUT2D eigenvalue weighted by Gasteiger charge is 2.36. The van der Waals surface area contributed by atoms with Crippen LogP contribution in [0.25, 0.3) is 0 Å². The van der Waals surface area contributed by atoms with Gasteiger partial charge in [-0.3, -0.25) is 24.1 Å². The summed E-state index contributed by atoms with van der Waals surface area (Å²) < 4.78 is 0. The zero-order chi connectivity index (χ0) is 18.7. The van der Waals surface area contributed by atoms with Gasteiger partial charge >= 0.3 is 0 Å². The van der Waals surface area contributed by atoms with E-state index in [-0.39, 0.29) is 48.9 Å². The molecule has 7 nitrogen and oxygen atoms in total. The van der Waals surface area contributed by atoms with E-state index in [1.807, 2.05) is 6.92 Å². The van der Waals surface area contributed by atoms with Gasteiger partial charge in [-0.05, 0) is 19.3 Å². The summed E-state index contributed by atoms with van der Waals surface area (Å²) in [4.78, 5) is 47.8. The Kier molecular flexibility index (Phi) is 9.80. The largest absolute Gasteiger partial charge is 0.359 e.